The fourth-order valence-corrected chi connectivity index (χ4v) is 7.42. The molecular formula is C32H36N4O3. The minimum absolute atomic E-state index is 0.108. The average molecular weight is 525 g/mol. The zero-order valence-electron chi connectivity index (χ0n) is 23.0. The van der Waals surface area contributed by atoms with Crippen molar-refractivity contribution in [3.8, 4) is 17.3 Å². The van der Waals surface area contributed by atoms with E-state index in [-0.39, 0.29) is 5.91 Å². The molecule has 4 aromatic rings. The molecule has 39 heavy (non-hydrogen) atoms. The highest BCUT2D eigenvalue weighted by molar-refractivity contribution is 6.00. The summed E-state index contributed by atoms with van der Waals surface area (Å²) in [6, 6.07) is 13.4. The Bertz CT molecular complexity index is 1630. The molecule has 7 nitrogen and oxygen atoms in total. The van der Waals surface area contributed by atoms with Gasteiger partial charge < -0.3 is 23.5 Å². The Labute approximate surface area is 228 Å². The smallest absolute Gasteiger partial charge is 0.254 e. The SMILES string of the molecule is COc1cc(C(=O)N2CC3CCC2[C@@H]3C)cc2nc(-c3cc4ccc(C5COC5)cc4n3CC3CC3)n(C)c12. The van der Waals surface area contributed by atoms with Gasteiger partial charge in [0.15, 0.2) is 5.82 Å². The van der Waals surface area contributed by atoms with Crippen LogP contribution < -0.4 is 4.74 Å². The Morgan fingerprint density at radius 2 is 1.95 bits per heavy atom. The molecule has 2 aliphatic heterocycles. The van der Waals surface area contributed by atoms with Crippen LogP contribution in [-0.2, 0) is 18.3 Å². The van der Waals surface area contributed by atoms with Gasteiger partial charge in [-0.25, -0.2) is 4.98 Å². The molecule has 2 saturated carbocycles. The van der Waals surface area contributed by atoms with Crippen molar-refractivity contribution >= 4 is 27.8 Å². The molecule has 2 unspecified atom stereocenters. The number of hydrogen-bond acceptors (Lipinski definition) is 4. The minimum Gasteiger partial charge on any atom is -0.494 e. The standard InChI is InChI=1S/C32H36N4O3/c1-18-22-8-9-26(18)36(15-22)32(37)23-10-25-30(29(13-23)38-3)34(2)31(33-25)28-12-21-7-6-20(24-16-39-17-24)11-27(21)35(28)14-19-4-5-19/h6-7,10-13,18-19,22,24,26H,4-5,8-9,14-17H2,1-3H3/t18-,22?,26?/m1/s1. The maximum atomic E-state index is 13.7. The number of carbonyl (C=O) groups is 1. The number of fused-ring (bicyclic) bond motifs is 4. The van der Waals surface area contributed by atoms with Crippen molar-refractivity contribution in [2.24, 2.45) is 24.8 Å². The number of aromatic nitrogens is 3. The first-order chi connectivity index (χ1) is 19.0. The molecule has 1 amide bonds. The fourth-order valence-electron chi connectivity index (χ4n) is 7.42. The second-order valence-electron chi connectivity index (χ2n) is 12.4. The monoisotopic (exact) mass is 524 g/mol. The lowest BCUT2D eigenvalue weighted by molar-refractivity contribution is 0.00846. The van der Waals surface area contributed by atoms with Gasteiger partial charge >= 0.3 is 0 Å². The number of imidazole rings is 1. The summed E-state index contributed by atoms with van der Waals surface area (Å²) in [6.45, 7) is 5.79. The molecule has 8 rings (SSSR count). The van der Waals surface area contributed by atoms with E-state index in [1.54, 1.807) is 7.11 Å². The number of piperidine rings is 1. The van der Waals surface area contributed by atoms with Crippen LogP contribution in [0, 0.1) is 17.8 Å². The van der Waals surface area contributed by atoms with E-state index < -0.39 is 0 Å². The van der Waals surface area contributed by atoms with Gasteiger partial charge in [0.2, 0.25) is 0 Å². The van der Waals surface area contributed by atoms with Crippen molar-refractivity contribution in [1.82, 2.24) is 19.0 Å². The number of amides is 1. The van der Waals surface area contributed by atoms with Crippen LogP contribution in [0.15, 0.2) is 36.4 Å². The van der Waals surface area contributed by atoms with E-state index in [1.807, 2.05) is 12.1 Å². The molecule has 2 aliphatic carbocycles. The average Bonchev–Trinajstić information content (AvgIpc) is 3.32. The van der Waals surface area contributed by atoms with Crippen molar-refractivity contribution < 1.29 is 14.3 Å². The Morgan fingerprint density at radius 3 is 2.62 bits per heavy atom. The van der Waals surface area contributed by atoms with Crippen LogP contribution in [0.4, 0.5) is 0 Å². The molecule has 2 bridgehead atoms. The number of hydrogen-bond donors (Lipinski definition) is 0. The predicted molar refractivity (Wildman–Crippen MR) is 151 cm³/mol. The molecule has 0 N–H and O–H groups in total. The van der Waals surface area contributed by atoms with E-state index in [1.165, 1.54) is 35.7 Å². The molecule has 4 fully saturated rings. The van der Waals surface area contributed by atoms with Gasteiger partial charge in [0.25, 0.3) is 5.91 Å². The lowest BCUT2D eigenvalue weighted by Gasteiger charge is -2.27. The van der Waals surface area contributed by atoms with Gasteiger partial charge in [-0.2, -0.15) is 0 Å². The van der Waals surface area contributed by atoms with Gasteiger partial charge in [0.05, 0.1) is 31.5 Å². The fraction of sp³-hybridized carbons (Fsp3) is 0.500. The number of nitrogens with zero attached hydrogens (tertiary/aromatic N) is 4. The van der Waals surface area contributed by atoms with Gasteiger partial charge in [-0.1, -0.05) is 19.1 Å². The molecule has 4 heterocycles. The number of aryl methyl sites for hydroxylation is 1. The summed E-state index contributed by atoms with van der Waals surface area (Å²) in [5, 5.41) is 1.24. The molecule has 2 aromatic carbocycles. The number of carbonyl (C=O) groups excluding carboxylic acids is 1. The lowest BCUT2D eigenvalue weighted by Crippen LogP contribution is -2.38. The number of likely N-dealkylation sites (tertiary alicyclic amines) is 1. The summed E-state index contributed by atoms with van der Waals surface area (Å²) < 4.78 is 15.9. The van der Waals surface area contributed by atoms with E-state index in [0.29, 0.717) is 35.1 Å². The van der Waals surface area contributed by atoms with Crippen LogP contribution in [0.2, 0.25) is 0 Å². The largest absolute Gasteiger partial charge is 0.494 e. The molecule has 2 aromatic heterocycles. The number of methoxy groups -OCH3 is 1. The summed E-state index contributed by atoms with van der Waals surface area (Å²) in [4.78, 5) is 21.0. The Morgan fingerprint density at radius 1 is 1.10 bits per heavy atom. The Kier molecular flexibility index (Phi) is 5.19. The zero-order valence-corrected chi connectivity index (χ0v) is 23.0. The third-order valence-corrected chi connectivity index (χ3v) is 10.1. The number of ether oxygens (including phenoxy) is 2. The van der Waals surface area contributed by atoms with E-state index in [4.69, 9.17) is 14.5 Å². The minimum atomic E-state index is 0.108. The summed E-state index contributed by atoms with van der Waals surface area (Å²) >= 11 is 0. The maximum absolute atomic E-state index is 13.7. The summed E-state index contributed by atoms with van der Waals surface area (Å²) in [6.07, 6.45) is 4.93. The molecular weight excluding hydrogens is 488 g/mol. The number of rotatable bonds is 6. The van der Waals surface area contributed by atoms with E-state index in [0.717, 1.165) is 61.2 Å². The van der Waals surface area contributed by atoms with Crippen LogP contribution in [0.5, 0.6) is 5.75 Å². The quantitative estimate of drug-likeness (QED) is 0.330. The van der Waals surface area contributed by atoms with Gasteiger partial charge in [-0.15, -0.1) is 0 Å². The van der Waals surface area contributed by atoms with Gasteiger partial charge in [0.1, 0.15) is 11.3 Å². The highest BCUT2D eigenvalue weighted by Crippen LogP contribution is 2.44. The van der Waals surface area contributed by atoms with Crippen molar-refractivity contribution in [3.05, 3.63) is 47.5 Å². The second-order valence-corrected chi connectivity index (χ2v) is 12.4. The van der Waals surface area contributed by atoms with Crippen LogP contribution in [0.25, 0.3) is 33.5 Å². The summed E-state index contributed by atoms with van der Waals surface area (Å²) in [7, 11) is 3.75. The van der Waals surface area contributed by atoms with E-state index >= 15 is 0 Å². The van der Waals surface area contributed by atoms with Gasteiger partial charge in [-0.3, -0.25) is 4.79 Å². The summed E-state index contributed by atoms with van der Waals surface area (Å²) in [5.41, 5.74) is 6.16. The van der Waals surface area contributed by atoms with Crippen LogP contribution in [-0.4, -0.2) is 57.8 Å². The number of benzene rings is 2. The topological polar surface area (TPSA) is 61.5 Å². The van der Waals surface area contributed by atoms with Crippen molar-refractivity contribution in [2.45, 2.75) is 51.1 Å². The first kappa shape index (κ1) is 23.6. The van der Waals surface area contributed by atoms with Crippen molar-refractivity contribution in [2.75, 3.05) is 26.9 Å². The molecule has 0 spiro atoms. The second kappa shape index (κ2) is 8.59. The lowest BCUT2D eigenvalue weighted by atomic mass is 9.97. The highest BCUT2D eigenvalue weighted by Gasteiger charge is 2.46. The molecule has 3 atom stereocenters. The first-order valence-electron chi connectivity index (χ1n) is 14.6. The van der Waals surface area contributed by atoms with Crippen LogP contribution in [0.1, 0.15) is 54.4 Å². The van der Waals surface area contributed by atoms with E-state index in [9.17, 15) is 4.79 Å². The van der Waals surface area contributed by atoms with Crippen LogP contribution >= 0.6 is 0 Å². The van der Waals surface area contributed by atoms with Gasteiger partial charge in [0, 0.05) is 48.6 Å². The third-order valence-electron chi connectivity index (χ3n) is 10.1. The van der Waals surface area contributed by atoms with E-state index in [2.05, 4.69) is 52.3 Å². The highest BCUT2D eigenvalue weighted by atomic mass is 16.5. The normalized spacial score (nSPS) is 24.7. The molecule has 0 radical (unpaired) electrons. The van der Waals surface area contributed by atoms with Gasteiger partial charge in [-0.05, 0) is 73.3 Å². The molecule has 202 valence electrons. The van der Waals surface area contributed by atoms with Crippen molar-refractivity contribution in [1.29, 1.82) is 0 Å². The zero-order chi connectivity index (χ0) is 26.4. The Balaban J connectivity index is 1.24. The maximum Gasteiger partial charge on any atom is 0.254 e. The summed E-state index contributed by atoms with van der Waals surface area (Å²) in [5.74, 6) is 4.16. The van der Waals surface area contributed by atoms with Crippen LogP contribution in [0.3, 0.4) is 0 Å². The Hall–Kier alpha value is -3.32. The molecule has 2 saturated heterocycles. The van der Waals surface area contributed by atoms with Crippen molar-refractivity contribution in [3.63, 3.8) is 0 Å². The first-order valence-corrected chi connectivity index (χ1v) is 14.6. The molecule has 7 heteroatoms. The predicted octanol–water partition coefficient (Wildman–Crippen LogP) is 5.60. The molecule has 4 aliphatic rings. The third kappa shape index (κ3) is 3.58.